The highest BCUT2D eigenvalue weighted by Gasteiger charge is 2.30. The highest BCUT2D eigenvalue weighted by molar-refractivity contribution is 7.99. The number of alkyl halides is 3. The minimum Gasteiger partial charge on any atom is -0.372 e. The number of nitrogen functional groups attached to an aromatic ring is 1. The van der Waals surface area contributed by atoms with Crippen LogP contribution in [0.2, 0.25) is 0 Å². The maximum atomic E-state index is 12.3. The lowest BCUT2D eigenvalue weighted by atomic mass is 10.4. The third-order valence-electron chi connectivity index (χ3n) is 3.50. The van der Waals surface area contributed by atoms with E-state index in [-0.39, 0.29) is 12.6 Å². The second-order valence-electron chi connectivity index (χ2n) is 5.64. The first kappa shape index (κ1) is 19.9. The highest BCUT2D eigenvalue weighted by atomic mass is 32.2. The number of hydrogen-bond donors (Lipinski definition) is 1. The predicted molar refractivity (Wildman–Crippen MR) is 100 cm³/mol. The van der Waals surface area contributed by atoms with Gasteiger partial charge in [0.05, 0.1) is 25.2 Å². The number of halogens is 3. The van der Waals surface area contributed by atoms with Gasteiger partial charge in [-0.2, -0.15) is 18.2 Å². The van der Waals surface area contributed by atoms with Gasteiger partial charge in [-0.1, -0.05) is 30.0 Å². The quantitative estimate of drug-likeness (QED) is 0.468. The first-order chi connectivity index (χ1) is 12.8. The maximum Gasteiger partial charge on any atom is 0.391 e. The molecule has 3 rings (SSSR count). The lowest BCUT2D eigenvalue weighted by Crippen LogP contribution is -2.19. The standard InChI is InChI=1S/C16H17F3N5OPS/c17-16(18,19)8-11(26)25-7-6-24-9-21-12-13(24)22-15(20)23-14(12)27-10-4-2-1-3-5-10/h1-5,9,11H,6-8,26H2,(H2,20,22,23). The summed E-state index contributed by atoms with van der Waals surface area (Å²) >= 11 is 1.41. The molecule has 0 aliphatic rings. The van der Waals surface area contributed by atoms with E-state index in [0.717, 1.165) is 4.90 Å². The summed E-state index contributed by atoms with van der Waals surface area (Å²) in [6.45, 7) is 0.381. The molecule has 6 nitrogen and oxygen atoms in total. The molecule has 2 unspecified atom stereocenters. The normalized spacial score (nSPS) is 13.2. The SMILES string of the molecule is Nc1nc(Sc2ccccc2)c2ncn(CCOC(P)CC(F)(F)F)c2n1. The van der Waals surface area contributed by atoms with Crippen LogP contribution >= 0.6 is 21.0 Å². The Kier molecular flexibility index (Phi) is 6.18. The van der Waals surface area contributed by atoms with Gasteiger partial charge in [0.25, 0.3) is 0 Å². The zero-order chi connectivity index (χ0) is 19.4. The van der Waals surface area contributed by atoms with Crippen molar-refractivity contribution in [2.45, 2.75) is 34.9 Å². The van der Waals surface area contributed by atoms with Gasteiger partial charge in [-0.25, -0.2) is 9.97 Å². The molecule has 2 atom stereocenters. The summed E-state index contributed by atoms with van der Waals surface area (Å²) < 4.78 is 43.9. The largest absolute Gasteiger partial charge is 0.391 e. The van der Waals surface area contributed by atoms with Crippen LogP contribution < -0.4 is 5.73 Å². The molecule has 0 saturated carbocycles. The fourth-order valence-corrected chi connectivity index (χ4v) is 3.66. The van der Waals surface area contributed by atoms with Gasteiger partial charge in [-0.3, -0.25) is 0 Å². The zero-order valence-electron chi connectivity index (χ0n) is 14.1. The smallest absolute Gasteiger partial charge is 0.372 e. The van der Waals surface area contributed by atoms with E-state index in [4.69, 9.17) is 10.5 Å². The molecule has 0 spiro atoms. The number of aromatic nitrogens is 4. The van der Waals surface area contributed by atoms with Crippen molar-refractivity contribution < 1.29 is 17.9 Å². The third-order valence-corrected chi connectivity index (χ3v) is 4.92. The fraction of sp³-hybridized carbons (Fsp3) is 0.312. The van der Waals surface area contributed by atoms with Crippen LogP contribution in [0.15, 0.2) is 46.6 Å². The molecule has 2 heterocycles. The summed E-state index contributed by atoms with van der Waals surface area (Å²) in [5, 5.41) is 0.615. The lowest BCUT2D eigenvalue weighted by Gasteiger charge is -2.15. The van der Waals surface area contributed by atoms with Crippen LogP contribution in [-0.4, -0.2) is 38.1 Å². The Morgan fingerprint density at radius 3 is 2.67 bits per heavy atom. The fourth-order valence-electron chi connectivity index (χ4n) is 2.36. The van der Waals surface area contributed by atoms with E-state index < -0.39 is 18.4 Å². The zero-order valence-corrected chi connectivity index (χ0v) is 16.0. The number of hydrogen-bond acceptors (Lipinski definition) is 6. The van der Waals surface area contributed by atoms with E-state index in [1.165, 1.54) is 11.8 Å². The van der Waals surface area contributed by atoms with Gasteiger partial charge in [0.1, 0.15) is 10.5 Å². The Morgan fingerprint density at radius 2 is 1.96 bits per heavy atom. The number of nitrogens with two attached hydrogens (primary N) is 1. The molecule has 2 aromatic heterocycles. The van der Waals surface area contributed by atoms with Crippen LogP contribution in [0.5, 0.6) is 0 Å². The Hall–Kier alpha value is -1.90. The molecule has 0 bridgehead atoms. The molecule has 0 amide bonds. The summed E-state index contributed by atoms with van der Waals surface area (Å²) in [5.41, 5.74) is 6.91. The maximum absolute atomic E-state index is 12.3. The third kappa shape index (κ3) is 5.54. The number of nitrogens with zero attached hydrogens (tertiary/aromatic N) is 4. The summed E-state index contributed by atoms with van der Waals surface area (Å²) in [6, 6.07) is 9.64. The molecule has 0 aliphatic carbocycles. The van der Waals surface area contributed by atoms with Crippen molar-refractivity contribution in [2.24, 2.45) is 0 Å². The number of ether oxygens (including phenoxy) is 1. The van der Waals surface area contributed by atoms with E-state index in [1.807, 2.05) is 30.3 Å². The average Bonchev–Trinajstić information content (AvgIpc) is 2.97. The van der Waals surface area contributed by atoms with Gasteiger partial charge in [-0.05, 0) is 12.1 Å². The van der Waals surface area contributed by atoms with Crippen molar-refractivity contribution >= 4 is 38.1 Å². The van der Waals surface area contributed by atoms with Crippen LogP contribution in [0, 0.1) is 0 Å². The molecule has 2 N–H and O–H groups in total. The van der Waals surface area contributed by atoms with Crippen molar-refractivity contribution in [1.82, 2.24) is 19.5 Å². The second-order valence-corrected chi connectivity index (χ2v) is 7.45. The Bertz CT molecular complexity index is 906. The van der Waals surface area contributed by atoms with Crippen molar-refractivity contribution in [2.75, 3.05) is 12.3 Å². The molecule has 11 heteroatoms. The van der Waals surface area contributed by atoms with E-state index in [2.05, 4.69) is 24.2 Å². The van der Waals surface area contributed by atoms with Crippen LogP contribution in [0.25, 0.3) is 11.2 Å². The van der Waals surface area contributed by atoms with Crippen LogP contribution in [0.1, 0.15) is 6.42 Å². The number of fused-ring (bicyclic) bond motifs is 1. The minimum atomic E-state index is -4.26. The molecule has 0 saturated heterocycles. The topological polar surface area (TPSA) is 78.8 Å². The van der Waals surface area contributed by atoms with Gasteiger partial charge >= 0.3 is 6.18 Å². The Balaban J connectivity index is 1.72. The highest BCUT2D eigenvalue weighted by Crippen LogP contribution is 2.31. The summed E-state index contributed by atoms with van der Waals surface area (Å²) in [6.07, 6.45) is -3.73. The number of imidazole rings is 1. The number of benzene rings is 1. The first-order valence-corrected chi connectivity index (χ1v) is 9.45. The number of rotatable bonds is 7. The van der Waals surface area contributed by atoms with Gasteiger partial charge in [0, 0.05) is 11.4 Å². The molecule has 0 fully saturated rings. The molecule has 0 radical (unpaired) electrons. The predicted octanol–water partition coefficient (Wildman–Crippen LogP) is 3.73. The van der Waals surface area contributed by atoms with Crippen LogP contribution in [0.4, 0.5) is 19.1 Å². The average molecular weight is 415 g/mol. The Labute approximate surface area is 159 Å². The van der Waals surface area contributed by atoms with Gasteiger partial charge in [0.2, 0.25) is 5.95 Å². The van der Waals surface area contributed by atoms with Crippen molar-refractivity contribution in [3.63, 3.8) is 0 Å². The second kappa shape index (κ2) is 8.41. The Morgan fingerprint density at radius 1 is 1.22 bits per heavy atom. The molecule has 3 aromatic rings. The van der Waals surface area contributed by atoms with E-state index in [9.17, 15) is 13.2 Å². The van der Waals surface area contributed by atoms with Crippen LogP contribution in [-0.2, 0) is 11.3 Å². The van der Waals surface area contributed by atoms with Crippen molar-refractivity contribution in [1.29, 1.82) is 0 Å². The molecule has 0 aliphatic heterocycles. The van der Waals surface area contributed by atoms with Crippen LogP contribution in [0.3, 0.4) is 0 Å². The summed E-state index contributed by atoms with van der Waals surface area (Å²) in [5.74, 6) is -0.895. The summed E-state index contributed by atoms with van der Waals surface area (Å²) in [4.78, 5) is 13.8. The van der Waals surface area contributed by atoms with Gasteiger partial charge in [0.15, 0.2) is 5.65 Å². The molecule has 27 heavy (non-hydrogen) atoms. The van der Waals surface area contributed by atoms with Gasteiger partial charge in [-0.15, -0.1) is 9.24 Å². The minimum absolute atomic E-state index is 0.0841. The van der Waals surface area contributed by atoms with Crippen molar-refractivity contribution in [3.05, 3.63) is 36.7 Å². The van der Waals surface area contributed by atoms with E-state index in [0.29, 0.717) is 22.7 Å². The van der Waals surface area contributed by atoms with E-state index in [1.54, 1.807) is 10.9 Å². The first-order valence-electron chi connectivity index (χ1n) is 7.97. The van der Waals surface area contributed by atoms with Crippen molar-refractivity contribution in [3.8, 4) is 0 Å². The molecular formula is C16H17F3N5OPS. The number of anilines is 1. The van der Waals surface area contributed by atoms with E-state index >= 15 is 0 Å². The molecule has 1 aromatic carbocycles. The summed E-state index contributed by atoms with van der Waals surface area (Å²) in [7, 11) is 2.05. The molecule has 144 valence electrons. The van der Waals surface area contributed by atoms with Gasteiger partial charge < -0.3 is 15.0 Å². The monoisotopic (exact) mass is 415 g/mol. The molecular weight excluding hydrogens is 398 g/mol. The lowest BCUT2D eigenvalue weighted by molar-refractivity contribution is -0.149.